The molecule has 0 aliphatic heterocycles. The summed E-state index contributed by atoms with van der Waals surface area (Å²) < 4.78 is 5.23. The van der Waals surface area contributed by atoms with E-state index in [1.165, 1.54) is 12.4 Å². The first-order valence-electron chi connectivity index (χ1n) is 9.20. The third kappa shape index (κ3) is 5.30. The lowest BCUT2D eigenvalue weighted by Gasteiger charge is -2.14. The molecule has 1 atom stereocenters. The number of anilines is 1. The molecule has 0 fully saturated rings. The molecule has 3 rings (SSSR count). The average Bonchev–Trinajstić information content (AvgIpc) is 2.75. The van der Waals surface area contributed by atoms with Gasteiger partial charge in [-0.2, -0.15) is 0 Å². The van der Waals surface area contributed by atoms with Crippen LogP contribution in [0.1, 0.15) is 34.5 Å². The van der Waals surface area contributed by atoms with E-state index < -0.39 is 0 Å². The van der Waals surface area contributed by atoms with Gasteiger partial charge in [-0.15, -0.1) is 0 Å². The van der Waals surface area contributed by atoms with Gasteiger partial charge in [-0.05, 0) is 36.6 Å². The Labute approximate surface area is 165 Å². The zero-order valence-corrected chi connectivity index (χ0v) is 16.1. The van der Waals surface area contributed by atoms with Gasteiger partial charge in [-0.1, -0.05) is 42.5 Å². The Hall–Kier alpha value is -3.41. The molecule has 6 nitrogen and oxygen atoms in total. The lowest BCUT2D eigenvalue weighted by Crippen LogP contribution is -2.27. The molecule has 0 saturated heterocycles. The van der Waals surface area contributed by atoms with Gasteiger partial charge in [-0.25, -0.2) is 9.97 Å². The summed E-state index contributed by atoms with van der Waals surface area (Å²) >= 11 is 0. The van der Waals surface area contributed by atoms with Crippen LogP contribution in [0.25, 0.3) is 0 Å². The Kier molecular flexibility index (Phi) is 6.57. The normalized spacial score (nSPS) is 11.5. The molecule has 3 aromatic rings. The summed E-state index contributed by atoms with van der Waals surface area (Å²) in [6.45, 7) is 2.63. The van der Waals surface area contributed by atoms with Crippen LogP contribution in [0, 0.1) is 0 Å². The molecule has 1 heterocycles. The molecule has 6 heteroatoms. The highest BCUT2D eigenvalue weighted by molar-refractivity contribution is 5.93. The van der Waals surface area contributed by atoms with Gasteiger partial charge in [0, 0.05) is 18.9 Å². The minimum absolute atomic E-state index is 0.0886. The van der Waals surface area contributed by atoms with E-state index in [-0.39, 0.29) is 11.9 Å². The molecule has 0 aliphatic rings. The third-order valence-electron chi connectivity index (χ3n) is 4.39. The van der Waals surface area contributed by atoms with Crippen molar-refractivity contribution in [2.45, 2.75) is 19.4 Å². The number of carbonyl (C=O) groups excluding carboxylic acids is 1. The summed E-state index contributed by atoms with van der Waals surface area (Å²) in [5, 5.41) is 6.12. The highest BCUT2D eigenvalue weighted by Crippen LogP contribution is 2.14. The molecule has 2 aromatic carbocycles. The van der Waals surface area contributed by atoms with Crippen molar-refractivity contribution in [3.8, 4) is 5.75 Å². The van der Waals surface area contributed by atoms with Crippen molar-refractivity contribution in [3.05, 3.63) is 83.7 Å². The van der Waals surface area contributed by atoms with Crippen LogP contribution in [0.4, 0.5) is 5.95 Å². The minimum Gasteiger partial charge on any atom is -0.497 e. The number of hydrogen-bond acceptors (Lipinski definition) is 5. The molecule has 28 heavy (non-hydrogen) atoms. The van der Waals surface area contributed by atoms with E-state index in [2.05, 4.69) is 20.6 Å². The average molecular weight is 376 g/mol. The molecule has 0 saturated carbocycles. The van der Waals surface area contributed by atoms with Crippen LogP contribution >= 0.6 is 0 Å². The number of rotatable bonds is 8. The summed E-state index contributed by atoms with van der Waals surface area (Å²) in [6, 6.07) is 17.7. The van der Waals surface area contributed by atoms with Crippen LogP contribution in [0.3, 0.4) is 0 Å². The topological polar surface area (TPSA) is 76.1 Å². The molecule has 1 amide bonds. The van der Waals surface area contributed by atoms with Crippen molar-refractivity contribution in [2.75, 3.05) is 19.0 Å². The Morgan fingerprint density at radius 3 is 2.54 bits per heavy atom. The second-order valence-electron chi connectivity index (χ2n) is 6.43. The molecular weight excluding hydrogens is 352 g/mol. The number of carbonyl (C=O) groups is 1. The van der Waals surface area contributed by atoms with E-state index in [0.29, 0.717) is 18.1 Å². The van der Waals surface area contributed by atoms with Crippen molar-refractivity contribution in [1.82, 2.24) is 15.3 Å². The van der Waals surface area contributed by atoms with Crippen LogP contribution in [-0.4, -0.2) is 29.5 Å². The maximum absolute atomic E-state index is 12.4. The van der Waals surface area contributed by atoms with Crippen LogP contribution in [0.5, 0.6) is 5.75 Å². The van der Waals surface area contributed by atoms with Crippen molar-refractivity contribution >= 4 is 11.9 Å². The number of amides is 1. The summed E-state index contributed by atoms with van der Waals surface area (Å²) in [7, 11) is 1.66. The van der Waals surface area contributed by atoms with Crippen molar-refractivity contribution in [1.29, 1.82) is 0 Å². The highest BCUT2D eigenvalue weighted by atomic mass is 16.5. The number of methoxy groups -OCH3 is 1. The summed E-state index contributed by atoms with van der Waals surface area (Å²) in [5.74, 6) is 1.14. The molecule has 0 bridgehead atoms. The standard InChI is InChI=1S/C22H24N4O2/c1-16(18-8-4-3-5-9-18)26-21(27)19-14-24-22(25-15-19)23-12-11-17-7-6-10-20(13-17)28-2/h3-10,13-16H,11-12H2,1-2H3,(H,26,27)(H,23,24,25). The summed E-state index contributed by atoms with van der Waals surface area (Å²) in [5.41, 5.74) is 2.64. The van der Waals surface area contributed by atoms with Gasteiger partial charge in [-0.3, -0.25) is 4.79 Å². The maximum Gasteiger partial charge on any atom is 0.254 e. The Morgan fingerprint density at radius 2 is 1.82 bits per heavy atom. The van der Waals surface area contributed by atoms with Gasteiger partial charge < -0.3 is 15.4 Å². The summed E-state index contributed by atoms with van der Waals surface area (Å²) in [4.78, 5) is 20.8. The van der Waals surface area contributed by atoms with Gasteiger partial charge in [0.1, 0.15) is 5.75 Å². The molecule has 0 radical (unpaired) electrons. The SMILES string of the molecule is COc1cccc(CCNc2ncc(C(=O)NC(C)c3ccccc3)cn2)c1. The highest BCUT2D eigenvalue weighted by Gasteiger charge is 2.12. The molecule has 1 aromatic heterocycles. The summed E-state index contributed by atoms with van der Waals surface area (Å²) in [6.07, 6.45) is 3.89. The fraction of sp³-hybridized carbons (Fsp3) is 0.227. The number of benzene rings is 2. The Balaban J connectivity index is 1.50. The number of aromatic nitrogens is 2. The monoisotopic (exact) mass is 376 g/mol. The van der Waals surface area contributed by atoms with E-state index in [1.807, 2.05) is 61.5 Å². The number of hydrogen-bond donors (Lipinski definition) is 2. The van der Waals surface area contributed by atoms with Crippen molar-refractivity contribution in [3.63, 3.8) is 0 Å². The number of ether oxygens (including phenoxy) is 1. The van der Waals surface area contributed by atoms with Gasteiger partial charge in [0.25, 0.3) is 5.91 Å². The first kappa shape index (κ1) is 19.4. The van der Waals surface area contributed by atoms with Crippen molar-refractivity contribution < 1.29 is 9.53 Å². The Morgan fingerprint density at radius 1 is 1.07 bits per heavy atom. The van der Waals surface area contributed by atoms with E-state index in [4.69, 9.17) is 4.74 Å². The molecule has 0 spiro atoms. The van der Waals surface area contributed by atoms with Crippen LogP contribution in [0.2, 0.25) is 0 Å². The van der Waals surface area contributed by atoms with E-state index in [0.717, 1.165) is 23.3 Å². The molecule has 1 unspecified atom stereocenters. The van der Waals surface area contributed by atoms with Crippen molar-refractivity contribution in [2.24, 2.45) is 0 Å². The van der Waals surface area contributed by atoms with Gasteiger partial charge >= 0.3 is 0 Å². The third-order valence-corrected chi connectivity index (χ3v) is 4.39. The minimum atomic E-state index is -0.195. The van der Waals surface area contributed by atoms with E-state index in [1.54, 1.807) is 7.11 Å². The predicted molar refractivity (Wildman–Crippen MR) is 110 cm³/mol. The Bertz CT molecular complexity index is 898. The van der Waals surface area contributed by atoms with Crippen LogP contribution in [0.15, 0.2) is 67.0 Å². The molecule has 0 aliphatic carbocycles. The van der Waals surface area contributed by atoms with E-state index >= 15 is 0 Å². The zero-order chi connectivity index (χ0) is 19.8. The predicted octanol–water partition coefficient (Wildman–Crippen LogP) is 3.63. The van der Waals surface area contributed by atoms with E-state index in [9.17, 15) is 4.79 Å². The molecule has 2 N–H and O–H groups in total. The largest absolute Gasteiger partial charge is 0.497 e. The molecular formula is C22H24N4O2. The molecule has 144 valence electrons. The van der Waals surface area contributed by atoms with Gasteiger partial charge in [0.05, 0.1) is 18.7 Å². The zero-order valence-electron chi connectivity index (χ0n) is 16.1. The van der Waals surface area contributed by atoms with Crippen LogP contribution < -0.4 is 15.4 Å². The van der Waals surface area contributed by atoms with Gasteiger partial charge in [0.15, 0.2) is 0 Å². The lowest BCUT2D eigenvalue weighted by molar-refractivity contribution is 0.0939. The number of nitrogens with zero attached hydrogens (tertiary/aromatic N) is 2. The first-order chi connectivity index (χ1) is 13.7. The maximum atomic E-state index is 12.4. The fourth-order valence-corrected chi connectivity index (χ4v) is 2.79. The smallest absolute Gasteiger partial charge is 0.254 e. The van der Waals surface area contributed by atoms with Crippen LogP contribution in [-0.2, 0) is 6.42 Å². The first-order valence-corrected chi connectivity index (χ1v) is 9.20. The second kappa shape index (κ2) is 9.50. The lowest BCUT2D eigenvalue weighted by atomic mass is 10.1. The van der Waals surface area contributed by atoms with Gasteiger partial charge in [0.2, 0.25) is 5.95 Å². The second-order valence-corrected chi connectivity index (χ2v) is 6.43. The quantitative estimate of drug-likeness (QED) is 0.628. The fourth-order valence-electron chi connectivity index (χ4n) is 2.79. The number of nitrogens with one attached hydrogen (secondary N) is 2.